The van der Waals surface area contributed by atoms with E-state index in [-0.39, 0.29) is 0 Å². The van der Waals surface area contributed by atoms with E-state index < -0.39 is 0 Å². The fourth-order valence-electron chi connectivity index (χ4n) is 2.16. The van der Waals surface area contributed by atoms with Gasteiger partial charge >= 0.3 is 0 Å². The highest BCUT2D eigenvalue weighted by molar-refractivity contribution is 5.04. The number of hydrogen-bond acceptors (Lipinski definition) is 2. The Balaban J connectivity index is 2.51. The molecule has 0 amide bonds. The first kappa shape index (κ1) is 15.2. The van der Waals surface area contributed by atoms with Crippen LogP contribution in [0, 0.1) is 11.3 Å². The van der Waals surface area contributed by atoms with Gasteiger partial charge in [-0.15, -0.1) is 0 Å². The van der Waals surface area contributed by atoms with Crippen LogP contribution in [0.4, 0.5) is 0 Å². The van der Waals surface area contributed by atoms with Crippen molar-refractivity contribution in [3.63, 3.8) is 0 Å². The first-order valence-corrected chi connectivity index (χ1v) is 7.00. The van der Waals surface area contributed by atoms with Crippen LogP contribution in [-0.4, -0.2) is 22.4 Å². The summed E-state index contributed by atoms with van der Waals surface area (Å²) in [6.07, 6.45) is 6.44. The average Bonchev–Trinajstić information content (AvgIpc) is 2.61. The standard InChI is InChI=1S/C15H29N3/c1-12(2)16-10-14(15(3,4)5)8-7-13-9-17-18(6)11-13/h9,11-12,14,16H,7-8,10H2,1-6H3. The Morgan fingerprint density at radius 3 is 2.44 bits per heavy atom. The van der Waals surface area contributed by atoms with Crippen molar-refractivity contribution < 1.29 is 0 Å². The molecule has 3 nitrogen and oxygen atoms in total. The van der Waals surface area contributed by atoms with Crippen LogP contribution in [-0.2, 0) is 13.5 Å². The van der Waals surface area contributed by atoms with E-state index in [4.69, 9.17) is 0 Å². The van der Waals surface area contributed by atoms with Crippen LogP contribution in [0.1, 0.15) is 46.6 Å². The van der Waals surface area contributed by atoms with Gasteiger partial charge in [0.25, 0.3) is 0 Å². The Hall–Kier alpha value is -0.830. The van der Waals surface area contributed by atoms with Gasteiger partial charge in [0.05, 0.1) is 6.20 Å². The molecule has 0 aromatic carbocycles. The molecule has 1 aromatic heterocycles. The van der Waals surface area contributed by atoms with E-state index in [1.165, 1.54) is 12.0 Å². The summed E-state index contributed by atoms with van der Waals surface area (Å²) in [6, 6.07) is 0.563. The zero-order valence-corrected chi connectivity index (χ0v) is 12.8. The van der Waals surface area contributed by atoms with E-state index in [0.717, 1.165) is 13.0 Å². The zero-order valence-electron chi connectivity index (χ0n) is 12.8. The van der Waals surface area contributed by atoms with Gasteiger partial charge in [0.1, 0.15) is 0 Å². The van der Waals surface area contributed by atoms with Crippen molar-refractivity contribution in [2.75, 3.05) is 6.54 Å². The van der Waals surface area contributed by atoms with Crippen LogP contribution in [0.15, 0.2) is 12.4 Å². The molecular weight excluding hydrogens is 222 g/mol. The second-order valence-electron chi connectivity index (χ2n) is 6.69. The molecule has 0 aliphatic heterocycles. The van der Waals surface area contributed by atoms with Crippen molar-refractivity contribution in [3.05, 3.63) is 18.0 Å². The smallest absolute Gasteiger partial charge is 0.0521 e. The van der Waals surface area contributed by atoms with Crippen LogP contribution in [0.25, 0.3) is 0 Å². The minimum Gasteiger partial charge on any atom is -0.314 e. The molecule has 0 aliphatic carbocycles. The summed E-state index contributed by atoms with van der Waals surface area (Å²) in [6.45, 7) is 12.5. The average molecular weight is 251 g/mol. The van der Waals surface area contributed by atoms with E-state index in [0.29, 0.717) is 17.4 Å². The van der Waals surface area contributed by atoms with E-state index in [1.54, 1.807) is 0 Å². The second kappa shape index (κ2) is 6.37. The maximum atomic E-state index is 4.23. The predicted molar refractivity (Wildman–Crippen MR) is 77.6 cm³/mol. The highest BCUT2D eigenvalue weighted by Gasteiger charge is 2.24. The Labute approximate surface area is 112 Å². The second-order valence-corrected chi connectivity index (χ2v) is 6.69. The topological polar surface area (TPSA) is 29.9 Å². The summed E-state index contributed by atoms with van der Waals surface area (Å²) in [7, 11) is 1.98. The fourth-order valence-corrected chi connectivity index (χ4v) is 2.16. The van der Waals surface area contributed by atoms with Crippen molar-refractivity contribution in [2.45, 2.75) is 53.5 Å². The molecule has 1 heterocycles. The van der Waals surface area contributed by atoms with Gasteiger partial charge < -0.3 is 5.32 Å². The first-order valence-electron chi connectivity index (χ1n) is 7.00. The van der Waals surface area contributed by atoms with Crippen LogP contribution in [0.2, 0.25) is 0 Å². The predicted octanol–water partition coefficient (Wildman–Crippen LogP) is 3.01. The number of nitrogens with one attached hydrogen (secondary N) is 1. The van der Waals surface area contributed by atoms with Crippen LogP contribution >= 0.6 is 0 Å². The van der Waals surface area contributed by atoms with Crippen molar-refractivity contribution in [2.24, 2.45) is 18.4 Å². The molecule has 0 saturated carbocycles. The van der Waals surface area contributed by atoms with Gasteiger partial charge in [-0.05, 0) is 36.3 Å². The van der Waals surface area contributed by atoms with Gasteiger partial charge in [-0.25, -0.2) is 0 Å². The third kappa shape index (κ3) is 5.21. The lowest BCUT2D eigenvalue weighted by Gasteiger charge is -2.31. The van der Waals surface area contributed by atoms with Gasteiger partial charge in [-0.3, -0.25) is 4.68 Å². The summed E-state index contributed by atoms with van der Waals surface area (Å²) in [5, 5.41) is 7.80. The van der Waals surface area contributed by atoms with Crippen molar-refractivity contribution >= 4 is 0 Å². The molecule has 1 aromatic rings. The highest BCUT2D eigenvalue weighted by Crippen LogP contribution is 2.29. The summed E-state index contributed by atoms with van der Waals surface area (Å²) < 4.78 is 1.88. The molecule has 18 heavy (non-hydrogen) atoms. The number of aromatic nitrogens is 2. The zero-order chi connectivity index (χ0) is 13.8. The SMILES string of the molecule is CC(C)NCC(CCc1cnn(C)c1)C(C)(C)C. The highest BCUT2D eigenvalue weighted by atomic mass is 15.2. The summed E-state index contributed by atoms with van der Waals surface area (Å²) >= 11 is 0. The molecule has 3 heteroatoms. The van der Waals surface area contributed by atoms with Gasteiger partial charge in [0.2, 0.25) is 0 Å². The molecule has 1 rings (SSSR count). The van der Waals surface area contributed by atoms with E-state index in [1.807, 2.05) is 17.9 Å². The van der Waals surface area contributed by atoms with Crippen molar-refractivity contribution in [3.8, 4) is 0 Å². The van der Waals surface area contributed by atoms with Crippen LogP contribution in [0.3, 0.4) is 0 Å². The van der Waals surface area contributed by atoms with Gasteiger partial charge in [0, 0.05) is 19.3 Å². The van der Waals surface area contributed by atoms with Crippen molar-refractivity contribution in [1.29, 1.82) is 0 Å². The van der Waals surface area contributed by atoms with Crippen LogP contribution < -0.4 is 5.32 Å². The Bertz CT molecular complexity index is 347. The Morgan fingerprint density at radius 1 is 1.33 bits per heavy atom. The normalized spacial score (nSPS) is 14.2. The number of aryl methyl sites for hydroxylation is 2. The third-order valence-corrected chi connectivity index (χ3v) is 3.54. The monoisotopic (exact) mass is 251 g/mol. The van der Waals surface area contributed by atoms with Crippen LogP contribution in [0.5, 0.6) is 0 Å². The Morgan fingerprint density at radius 2 is 2.00 bits per heavy atom. The molecule has 0 saturated heterocycles. The van der Waals surface area contributed by atoms with Gasteiger partial charge in [-0.1, -0.05) is 34.6 Å². The van der Waals surface area contributed by atoms with Gasteiger partial charge in [-0.2, -0.15) is 5.10 Å². The summed E-state index contributed by atoms with van der Waals surface area (Å²) in [4.78, 5) is 0. The maximum Gasteiger partial charge on any atom is 0.0521 e. The minimum atomic E-state index is 0.351. The molecule has 104 valence electrons. The van der Waals surface area contributed by atoms with Crippen molar-refractivity contribution in [1.82, 2.24) is 15.1 Å². The number of rotatable bonds is 6. The van der Waals surface area contributed by atoms with E-state index >= 15 is 0 Å². The summed E-state index contributed by atoms with van der Waals surface area (Å²) in [5.74, 6) is 0.695. The minimum absolute atomic E-state index is 0.351. The number of hydrogen-bond donors (Lipinski definition) is 1. The third-order valence-electron chi connectivity index (χ3n) is 3.54. The molecule has 1 atom stereocenters. The van der Waals surface area contributed by atoms with Gasteiger partial charge in [0.15, 0.2) is 0 Å². The largest absolute Gasteiger partial charge is 0.314 e. The first-order chi connectivity index (χ1) is 8.29. The molecule has 0 radical (unpaired) electrons. The Kier molecular flexibility index (Phi) is 5.39. The molecular formula is C15H29N3. The lowest BCUT2D eigenvalue weighted by molar-refractivity contribution is 0.215. The molecule has 1 N–H and O–H groups in total. The van der Waals surface area contributed by atoms with E-state index in [9.17, 15) is 0 Å². The molecule has 0 spiro atoms. The lowest BCUT2D eigenvalue weighted by atomic mass is 9.77. The van der Waals surface area contributed by atoms with E-state index in [2.05, 4.69) is 51.2 Å². The molecule has 1 unspecified atom stereocenters. The molecule has 0 aliphatic rings. The number of nitrogens with zero attached hydrogens (tertiary/aromatic N) is 2. The fraction of sp³-hybridized carbons (Fsp3) is 0.800. The summed E-state index contributed by atoms with van der Waals surface area (Å²) in [5.41, 5.74) is 1.70. The molecule has 0 fully saturated rings. The quantitative estimate of drug-likeness (QED) is 0.842. The lowest BCUT2D eigenvalue weighted by Crippen LogP contribution is -2.35. The molecule has 0 bridgehead atoms. The maximum absolute atomic E-state index is 4.23.